The first-order valence-corrected chi connectivity index (χ1v) is 8.07. The lowest BCUT2D eigenvalue weighted by Crippen LogP contribution is -2.10. The van der Waals surface area contributed by atoms with E-state index in [0.29, 0.717) is 18.6 Å². The van der Waals surface area contributed by atoms with E-state index in [-0.39, 0.29) is 11.3 Å². The number of nitrogens with zero attached hydrogens (tertiary/aromatic N) is 2. The number of benzene rings is 2. The summed E-state index contributed by atoms with van der Waals surface area (Å²) in [6.07, 6.45) is 0.590. The first kappa shape index (κ1) is 17.6. The Morgan fingerprint density at radius 2 is 1.75 bits per heavy atom. The van der Waals surface area contributed by atoms with E-state index >= 15 is 0 Å². The van der Waals surface area contributed by atoms with Crippen molar-refractivity contribution in [2.45, 2.75) is 38.5 Å². The molecule has 2 aromatic rings. The van der Waals surface area contributed by atoms with Gasteiger partial charge in [-0.25, -0.2) is 0 Å². The highest BCUT2D eigenvalue weighted by Gasteiger charge is 2.14. The highest BCUT2D eigenvalue weighted by Crippen LogP contribution is 2.25. The summed E-state index contributed by atoms with van der Waals surface area (Å²) in [5.41, 5.74) is 2.82. The van der Waals surface area contributed by atoms with Gasteiger partial charge in [-0.05, 0) is 40.8 Å². The van der Waals surface area contributed by atoms with E-state index in [1.807, 2.05) is 24.3 Å². The Morgan fingerprint density at radius 3 is 2.33 bits per heavy atom. The van der Waals surface area contributed by atoms with Crippen LogP contribution in [0.2, 0.25) is 0 Å². The fourth-order valence-corrected chi connectivity index (χ4v) is 2.48. The van der Waals surface area contributed by atoms with Crippen LogP contribution in [0.4, 0.5) is 0 Å². The molecule has 0 bridgehead atoms. The van der Waals surface area contributed by atoms with Crippen molar-refractivity contribution in [1.82, 2.24) is 0 Å². The van der Waals surface area contributed by atoms with Crippen molar-refractivity contribution in [3.8, 4) is 17.9 Å². The molecule has 0 heterocycles. The topological polar surface area (TPSA) is 56.8 Å². The average molecular weight is 318 g/mol. The monoisotopic (exact) mass is 318 g/mol. The minimum Gasteiger partial charge on any atom is -0.494 e. The normalized spacial score (nSPS) is 12.0. The van der Waals surface area contributed by atoms with Crippen molar-refractivity contribution in [3.05, 3.63) is 65.2 Å². The molecule has 0 aliphatic heterocycles. The van der Waals surface area contributed by atoms with Gasteiger partial charge in [-0.1, -0.05) is 45.0 Å². The summed E-state index contributed by atoms with van der Waals surface area (Å²) in [5, 5.41) is 18.3. The predicted molar refractivity (Wildman–Crippen MR) is 94.8 cm³/mol. The van der Waals surface area contributed by atoms with Gasteiger partial charge in [-0.15, -0.1) is 0 Å². The fraction of sp³-hybridized carbons (Fsp3) is 0.333. The molecule has 3 heteroatoms. The maximum atomic E-state index is 9.38. The Kier molecular flexibility index (Phi) is 5.61. The second-order valence-electron chi connectivity index (χ2n) is 6.83. The maximum Gasteiger partial charge on any atom is 0.119 e. The summed E-state index contributed by atoms with van der Waals surface area (Å²) >= 11 is 0. The Morgan fingerprint density at radius 1 is 1.04 bits per heavy atom. The lowest BCUT2D eigenvalue weighted by Gasteiger charge is -2.19. The highest BCUT2D eigenvalue weighted by molar-refractivity contribution is 5.36. The molecule has 122 valence electrons. The van der Waals surface area contributed by atoms with Crippen LogP contribution in [0.25, 0.3) is 0 Å². The molecule has 0 aliphatic rings. The predicted octanol–water partition coefficient (Wildman–Crippen LogP) is 4.93. The van der Waals surface area contributed by atoms with Crippen molar-refractivity contribution in [2.24, 2.45) is 0 Å². The maximum absolute atomic E-state index is 9.38. The quantitative estimate of drug-likeness (QED) is 0.785. The van der Waals surface area contributed by atoms with E-state index in [0.717, 1.165) is 11.3 Å². The Balaban J connectivity index is 1.95. The largest absolute Gasteiger partial charge is 0.494 e. The number of nitriles is 2. The Bertz CT molecular complexity index is 758. The van der Waals surface area contributed by atoms with Crippen molar-refractivity contribution in [2.75, 3.05) is 6.61 Å². The Labute approximate surface area is 144 Å². The van der Waals surface area contributed by atoms with Gasteiger partial charge in [0.05, 0.1) is 30.2 Å². The summed E-state index contributed by atoms with van der Waals surface area (Å²) < 4.78 is 5.77. The second-order valence-corrected chi connectivity index (χ2v) is 6.83. The van der Waals surface area contributed by atoms with Crippen molar-refractivity contribution in [3.63, 3.8) is 0 Å². The lowest BCUT2D eigenvalue weighted by molar-refractivity contribution is 0.305. The minimum absolute atomic E-state index is 0.121. The van der Waals surface area contributed by atoms with Crippen LogP contribution in [0, 0.1) is 22.7 Å². The second kappa shape index (κ2) is 7.66. The van der Waals surface area contributed by atoms with E-state index < -0.39 is 0 Å². The summed E-state index contributed by atoms with van der Waals surface area (Å²) in [5.74, 6) is 0.539. The first-order chi connectivity index (χ1) is 11.4. The summed E-state index contributed by atoms with van der Waals surface area (Å²) in [6.45, 7) is 6.99. The molecule has 2 rings (SSSR count). The molecular formula is C21H22N2O. The average Bonchev–Trinajstić information content (AvgIpc) is 2.58. The fourth-order valence-electron chi connectivity index (χ4n) is 2.48. The third-order valence-corrected chi connectivity index (χ3v) is 3.97. The van der Waals surface area contributed by atoms with E-state index in [2.05, 4.69) is 45.0 Å². The number of hydrogen-bond acceptors (Lipinski definition) is 3. The SMILES string of the molecule is CC(C)(C)c1ccc(OCCC(C#N)c2cccc(C#N)c2)cc1. The van der Waals surface area contributed by atoms with E-state index in [1.54, 1.807) is 12.1 Å². The molecule has 0 radical (unpaired) electrons. The van der Waals surface area contributed by atoms with Crippen LogP contribution in [-0.4, -0.2) is 6.61 Å². The molecule has 0 N–H and O–H groups in total. The first-order valence-electron chi connectivity index (χ1n) is 8.07. The van der Waals surface area contributed by atoms with Gasteiger partial charge in [0, 0.05) is 6.42 Å². The molecule has 0 saturated carbocycles. The van der Waals surface area contributed by atoms with Crippen molar-refractivity contribution < 1.29 is 4.74 Å². The summed E-state index contributed by atoms with van der Waals surface area (Å²) in [6, 6.07) is 19.7. The van der Waals surface area contributed by atoms with Gasteiger partial charge >= 0.3 is 0 Å². The minimum atomic E-state index is -0.271. The van der Waals surface area contributed by atoms with Gasteiger partial charge in [-0.2, -0.15) is 10.5 Å². The van der Waals surface area contributed by atoms with Gasteiger partial charge in [0.2, 0.25) is 0 Å². The number of ether oxygens (including phenoxy) is 1. The van der Waals surface area contributed by atoms with Crippen molar-refractivity contribution >= 4 is 0 Å². The zero-order chi connectivity index (χ0) is 17.6. The van der Waals surface area contributed by atoms with Crippen LogP contribution in [0.1, 0.15) is 49.8 Å². The number of rotatable bonds is 5. The molecule has 3 nitrogen and oxygen atoms in total. The molecule has 1 unspecified atom stereocenters. The van der Waals surface area contributed by atoms with Gasteiger partial charge in [-0.3, -0.25) is 0 Å². The zero-order valence-electron chi connectivity index (χ0n) is 14.4. The molecule has 0 amide bonds. The smallest absolute Gasteiger partial charge is 0.119 e. The van der Waals surface area contributed by atoms with Gasteiger partial charge in [0.25, 0.3) is 0 Å². The molecule has 0 spiro atoms. The number of hydrogen-bond donors (Lipinski definition) is 0. The molecule has 2 aromatic carbocycles. The third kappa shape index (κ3) is 4.61. The molecule has 0 saturated heterocycles. The van der Waals surface area contributed by atoms with E-state index in [1.165, 1.54) is 5.56 Å². The lowest BCUT2D eigenvalue weighted by atomic mass is 9.87. The van der Waals surface area contributed by atoms with E-state index in [9.17, 15) is 5.26 Å². The van der Waals surface area contributed by atoms with E-state index in [4.69, 9.17) is 10.00 Å². The standard InChI is InChI=1S/C21H22N2O/c1-21(2,3)19-7-9-20(10-8-19)24-12-11-18(15-23)17-6-4-5-16(13-17)14-22/h4-10,13,18H,11-12H2,1-3H3. The molecule has 0 aliphatic carbocycles. The van der Waals surface area contributed by atoms with Crippen LogP contribution in [-0.2, 0) is 5.41 Å². The molecule has 24 heavy (non-hydrogen) atoms. The highest BCUT2D eigenvalue weighted by atomic mass is 16.5. The van der Waals surface area contributed by atoms with Gasteiger partial charge in [0.15, 0.2) is 0 Å². The van der Waals surface area contributed by atoms with Crippen LogP contribution in [0.3, 0.4) is 0 Å². The van der Waals surface area contributed by atoms with Crippen LogP contribution >= 0.6 is 0 Å². The van der Waals surface area contributed by atoms with Crippen LogP contribution < -0.4 is 4.74 Å². The molecule has 0 fully saturated rings. The van der Waals surface area contributed by atoms with Crippen molar-refractivity contribution in [1.29, 1.82) is 10.5 Å². The molecular weight excluding hydrogens is 296 g/mol. The zero-order valence-corrected chi connectivity index (χ0v) is 14.4. The molecule has 1 atom stereocenters. The van der Waals surface area contributed by atoms with Gasteiger partial charge < -0.3 is 4.74 Å². The molecule has 0 aromatic heterocycles. The van der Waals surface area contributed by atoms with Crippen LogP contribution in [0.15, 0.2) is 48.5 Å². The Hall–Kier alpha value is -2.78. The third-order valence-electron chi connectivity index (χ3n) is 3.97. The summed E-state index contributed by atoms with van der Waals surface area (Å²) in [4.78, 5) is 0. The van der Waals surface area contributed by atoms with Gasteiger partial charge in [0.1, 0.15) is 5.75 Å². The summed E-state index contributed by atoms with van der Waals surface area (Å²) in [7, 11) is 0. The van der Waals surface area contributed by atoms with Crippen LogP contribution in [0.5, 0.6) is 5.75 Å².